The Morgan fingerprint density at radius 1 is 1.00 bits per heavy atom. The van der Waals surface area contributed by atoms with Crippen LogP contribution in [0, 0.1) is 0 Å². The second-order valence-electron chi connectivity index (χ2n) is 3.23. The van der Waals surface area contributed by atoms with Gasteiger partial charge in [-0.1, -0.05) is 30.3 Å². The van der Waals surface area contributed by atoms with Crippen molar-refractivity contribution in [3.05, 3.63) is 48.8 Å². The molecule has 0 fully saturated rings. The van der Waals surface area contributed by atoms with Crippen molar-refractivity contribution in [1.82, 2.24) is 9.97 Å². The molecule has 0 saturated heterocycles. The molecule has 0 saturated carbocycles. The van der Waals surface area contributed by atoms with E-state index >= 15 is 0 Å². The largest absolute Gasteiger partial charge is 0.263 e. The number of nitrogens with zero attached hydrogens (tertiary/aromatic N) is 2. The normalized spacial score (nSPS) is 10.7. The number of hydrogen-bond acceptors (Lipinski definition) is 3. The Hall–Kier alpha value is -1.74. The zero-order valence-corrected chi connectivity index (χ0v) is 8.74. The first-order chi connectivity index (χ1) is 7.43. The van der Waals surface area contributed by atoms with Crippen molar-refractivity contribution < 1.29 is 0 Å². The first kappa shape index (κ1) is 8.56. The number of hydrogen-bond donors (Lipinski definition) is 0. The number of fused-ring (bicyclic) bond motifs is 1. The predicted molar refractivity (Wildman–Crippen MR) is 62.9 cm³/mol. The maximum absolute atomic E-state index is 4.56. The molecular formula is C12H8N2S. The third-order valence-electron chi connectivity index (χ3n) is 2.21. The van der Waals surface area contributed by atoms with Crippen LogP contribution in [0.2, 0.25) is 0 Å². The lowest BCUT2D eigenvalue weighted by Crippen LogP contribution is -1.73. The monoisotopic (exact) mass is 212 g/mol. The van der Waals surface area contributed by atoms with Crippen LogP contribution >= 0.6 is 11.3 Å². The van der Waals surface area contributed by atoms with Gasteiger partial charge in [0.1, 0.15) is 5.01 Å². The summed E-state index contributed by atoms with van der Waals surface area (Å²) < 4.78 is 1.14. The van der Waals surface area contributed by atoms with Gasteiger partial charge >= 0.3 is 0 Å². The van der Waals surface area contributed by atoms with Crippen molar-refractivity contribution >= 4 is 21.6 Å². The second kappa shape index (κ2) is 3.44. The highest BCUT2D eigenvalue weighted by atomic mass is 32.1. The Bertz CT molecular complexity index is 554. The number of pyridine rings is 1. The number of benzene rings is 1. The first-order valence-corrected chi connectivity index (χ1v) is 5.51. The van der Waals surface area contributed by atoms with Crippen LogP contribution in [-0.4, -0.2) is 9.97 Å². The standard InChI is InChI=1S/C12H8N2S/c1-2-4-9(5-3-1)12-14-10-6-7-13-8-11(10)15-12/h1-8H. The van der Waals surface area contributed by atoms with Crippen LogP contribution < -0.4 is 0 Å². The summed E-state index contributed by atoms with van der Waals surface area (Å²) in [7, 11) is 0. The van der Waals surface area contributed by atoms with Crippen LogP contribution in [0.25, 0.3) is 20.8 Å². The molecule has 3 heteroatoms. The molecule has 0 aliphatic heterocycles. The molecule has 0 atom stereocenters. The Labute approximate surface area is 91.2 Å². The van der Waals surface area contributed by atoms with E-state index in [9.17, 15) is 0 Å². The number of aromatic nitrogens is 2. The Kier molecular flexibility index (Phi) is 1.96. The van der Waals surface area contributed by atoms with Crippen molar-refractivity contribution in [2.24, 2.45) is 0 Å². The summed E-state index contributed by atoms with van der Waals surface area (Å²) >= 11 is 1.68. The summed E-state index contributed by atoms with van der Waals surface area (Å²) in [4.78, 5) is 8.65. The van der Waals surface area contributed by atoms with E-state index in [1.807, 2.05) is 30.5 Å². The van der Waals surface area contributed by atoms with Gasteiger partial charge in [-0.15, -0.1) is 11.3 Å². The fourth-order valence-corrected chi connectivity index (χ4v) is 2.42. The van der Waals surface area contributed by atoms with Gasteiger partial charge in [0, 0.05) is 18.0 Å². The van der Waals surface area contributed by atoms with Crippen LogP contribution in [0.4, 0.5) is 0 Å². The summed E-state index contributed by atoms with van der Waals surface area (Å²) in [6, 6.07) is 12.2. The molecular weight excluding hydrogens is 204 g/mol. The molecule has 0 bridgehead atoms. The average Bonchev–Trinajstić information content (AvgIpc) is 2.74. The van der Waals surface area contributed by atoms with Crippen molar-refractivity contribution in [2.45, 2.75) is 0 Å². The van der Waals surface area contributed by atoms with E-state index in [1.165, 1.54) is 5.56 Å². The molecule has 0 amide bonds. The summed E-state index contributed by atoms with van der Waals surface area (Å²) in [6.45, 7) is 0. The lowest BCUT2D eigenvalue weighted by Gasteiger charge is -1.92. The van der Waals surface area contributed by atoms with Crippen molar-refractivity contribution in [2.75, 3.05) is 0 Å². The van der Waals surface area contributed by atoms with Crippen LogP contribution in [0.1, 0.15) is 0 Å². The minimum atomic E-state index is 1.02. The van der Waals surface area contributed by atoms with E-state index in [1.54, 1.807) is 17.5 Å². The summed E-state index contributed by atoms with van der Waals surface area (Å²) in [6.07, 6.45) is 3.64. The van der Waals surface area contributed by atoms with E-state index < -0.39 is 0 Å². The third kappa shape index (κ3) is 1.51. The maximum Gasteiger partial charge on any atom is 0.124 e. The third-order valence-corrected chi connectivity index (χ3v) is 3.27. The Morgan fingerprint density at radius 3 is 2.67 bits per heavy atom. The summed E-state index contributed by atoms with van der Waals surface area (Å²) in [5, 5.41) is 1.05. The minimum absolute atomic E-state index is 1.02. The van der Waals surface area contributed by atoms with Crippen LogP contribution in [0.15, 0.2) is 48.8 Å². The van der Waals surface area contributed by atoms with Gasteiger partial charge in [-0.25, -0.2) is 4.98 Å². The molecule has 3 aromatic rings. The van der Waals surface area contributed by atoms with Gasteiger partial charge in [-0.2, -0.15) is 0 Å². The molecule has 0 unspecified atom stereocenters. The molecule has 0 radical (unpaired) electrons. The van der Waals surface area contributed by atoms with Crippen LogP contribution in [-0.2, 0) is 0 Å². The second-order valence-corrected chi connectivity index (χ2v) is 4.26. The molecule has 1 aromatic carbocycles. The smallest absolute Gasteiger partial charge is 0.124 e. The summed E-state index contributed by atoms with van der Waals surface area (Å²) in [5.41, 5.74) is 2.19. The van der Waals surface area contributed by atoms with Gasteiger partial charge in [-0.05, 0) is 6.07 Å². The van der Waals surface area contributed by atoms with E-state index in [-0.39, 0.29) is 0 Å². The van der Waals surface area contributed by atoms with Gasteiger partial charge in [0.2, 0.25) is 0 Å². The fourth-order valence-electron chi connectivity index (χ4n) is 1.48. The fraction of sp³-hybridized carbons (Fsp3) is 0. The number of rotatable bonds is 1. The van der Waals surface area contributed by atoms with Gasteiger partial charge in [-0.3, -0.25) is 4.98 Å². The lowest BCUT2D eigenvalue weighted by molar-refractivity contribution is 1.36. The van der Waals surface area contributed by atoms with Crippen molar-refractivity contribution in [1.29, 1.82) is 0 Å². The maximum atomic E-state index is 4.56. The lowest BCUT2D eigenvalue weighted by atomic mass is 10.2. The minimum Gasteiger partial charge on any atom is -0.263 e. The zero-order chi connectivity index (χ0) is 10.1. The van der Waals surface area contributed by atoms with E-state index in [0.717, 1.165) is 15.2 Å². The molecule has 0 aliphatic rings. The molecule has 2 heterocycles. The highest BCUT2D eigenvalue weighted by molar-refractivity contribution is 7.21. The van der Waals surface area contributed by atoms with Gasteiger partial charge < -0.3 is 0 Å². The van der Waals surface area contributed by atoms with Crippen molar-refractivity contribution in [3.63, 3.8) is 0 Å². The van der Waals surface area contributed by atoms with E-state index in [2.05, 4.69) is 22.1 Å². The predicted octanol–water partition coefficient (Wildman–Crippen LogP) is 3.36. The highest BCUT2D eigenvalue weighted by Gasteiger charge is 2.04. The molecule has 0 aliphatic carbocycles. The van der Waals surface area contributed by atoms with Crippen molar-refractivity contribution in [3.8, 4) is 10.6 Å². The molecule has 15 heavy (non-hydrogen) atoms. The molecule has 2 nitrogen and oxygen atoms in total. The van der Waals surface area contributed by atoms with Gasteiger partial charge in [0.05, 0.1) is 10.2 Å². The van der Waals surface area contributed by atoms with Gasteiger partial charge in [0.15, 0.2) is 0 Å². The topological polar surface area (TPSA) is 25.8 Å². The molecule has 2 aromatic heterocycles. The van der Waals surface area contributed by atoms with Crippen LogP contribution in [0.3, 0.4) is 0 Å². The average molecular weight is 212 g/mol. The van der Waals surface area contributed by atoms with Gasteiger partial charge in [0.25, 0.3) is 0 Å². The summed E-state index contributed by atoms with van der Waals surface area (Å²) in [5.74, 6) is 0. The van der Waals surface area contributed by atoms with E-state index in [4.69, 9.17) is 0 Å². The SMILES string of the molecule is c1ccc(-c2nc3ccncc3s2)cc1. The molecule has 0 spiro atoms. The first-order valence-electron chi connectivity index (χ1n) is 4.69. The molecule has 72 valence electrons. The quantitative estimate of drug-likeness (QED) is 0.618. The molecule has 3 rings (SSSR count). The molecule has 0 N–H and O–H groups in total. The highest BCUT2D eigenvalue weighted by Crippen LogP contribution is 2.28. The van der Waals surface area contributed by atoms with Crippen LogP contribution in [0.5, 0.6) is 0 Å². The Morgan fingerprint density at radius 2 is 1.87 bits per heavy atom. The zero-order valence-electron chi connectivity index (χ0n) is 7.92. The Balaban J connectivity index is 2.21. The van der Waals surface area contributed by atoms with E-state index in [0.29, 0.717) is 0 Å². The number of thiazole rings is 1.